The van der Waals surface area contributed by atoms with Gasteiger partial charge in [0, 0.05) is 34.2 Å². The van der Waals surface area contributed by atoms with E-state index in [2.05, 4.69) is 95.2 Å². The molecule has 7 aromatic rings. The van der Waals surface area contributed by atoms with Crippen LogP contribution in [0.25, 0.3) is 21.8 Å². The molecule has 282 valence electrons. The zero-order chi connectivity index (χ0) is 37.1. The van der Waals surface area contributed by atoms with Gasteiger partial charge in [0.15, 0.2) is 6.29 Å². The Kier molecular flexibility index (Phi) is 12.4. The van der Waals surface area contributed by atoms with Crippen molar-refractivity contribution >= 4 is 21.8 Å². The Labute approximate surface area is 322 Å². The van der Waals surface area contributed by atoms with E-state index in [-0.39, 0.29) is 0 Å². The lowest BCUT2D eigenvalue weighted by atomic mass is 9.97. The van der Waals surface area contributed by atoms with Gasteiger partial charge in [0.2, 0.25) is 0 Å². The maximum atomic E-state index is 6.89. The zero-order valence-electron chi connectivity index (χ0n) is 30.9. The highest BCUT2D eigenvalue weighted by Crippen LogP contribution is 2.32. The molecule has 1 aliphatic rings. The fourth-order valence-corrected chi connectivity index (χ4v) is 7.36. The minimum absolute atomic E-state index is 0.292. The largest absolute Gasteiger partial charge is 0.378 e. The maximum absolute atomic E-state index is 6.89. The molecule has 2 N–H and O–H groups in total. The van der Waals surface area contributed by atoms with Gasteiger partial charge < -0.3 is 38.4 Å². The van der Waals surface area contributed by atoms with Crippen molar-refractivity contribution in [1.29, 1.82) is 0 Å². The van der Waals surface area contributed by atoms with Gasteiger partial charge in [0.25, 0.3) is 0 Å². The van der Waals surface area contributed by atoms with Crippen molar-refractivity contribution in [1.82, 2.24) is 9.97 Å². The quantitative estimate of drug-likeness (QED) is 0.0856. The minimum Gasteiger partial charge on any atom is -0.378 e. The summed E-state index contributed by atoms with van der Waals surface area (Å²) in [7, 11) is 0. The lowest BCUT2D eigenvalue weighted by Gasteiger charge is -2.46. The molecule has 5 atom stereocenters. The van der Waals surface area contributed by atoms with Crippen LogP contribution in [0.2, 0.25) is 0 Å². The summed E-state index contributed by atoms with van der Waals surface area (Å²) in [5, 5.41) is 2.40. The standard InChI is InChI=1S/C47H48N2O6/c1-4-14-34(15-5-1)30-52-44-43(33-50-26-24-37-28-48-41-22-12-10-20-39(37)41)55-47(51-27-25-38-29-49-42-23-13-11-21-40(38)42)46(54-32-36-18-8-3-9-19-36)45(44)53-31-35-16-6-2-7-17-35/h1-23,28-29,43-49H,24-27,30-33H2/t43-,44-,45+,46-,47+/m1/s1. The van der Waals surface area contributed by atoms with Gasteiger partial charge in [-0.25, -0.2) is 0 Å². The van der Waals surface area contributed by atoms with E-state index in [1.165, 1.54) is 21.9 Å². The van der Waals surface area contributed by atoms with E-state index in [1.807, 2.05) is 66.7 Å². The Morgan fingerprint density at radius 1 is 0.455 bits per heavy atom. The summed E-state index contributed by atoms with van der Waals surface area (Å²) < 4.78 is 40.5. The molecule has 0 bridgehead atoms. The highest BCUT2D eigenvalue weighted by molar-refractivity contribution is 5.83. The number of hydrogen-bond donors (Lipinski definition) is 2. The molecule has 1 fully saturated rings. The second kappa shape index (κ2) is 18.5. The summed E-state index contributed by atoms with van der Waals surface area (Å²) in [6.07, 6.45) is 2.68. The first-order valence-electron chi connectivity index (χ1n) is 19.2. The molecule has 0 unspecified atom stereocenters. The number of nitrogens with one attached hydrogen (secondary N) is 2. The first-order valence-corrected chi connectivity index (χ1v) is 19.2. The van der Waals surface area contributed by atoms with Crippen LogP contribution in [-0.2, 0) is 61.1 Å². The predicted molar refractivity (Wildman–Crippen MR) is 214 cm³/mol. The van der Waals surface area contributed by atoms with E-state index >= 15 is 0 Å². The average molecular weight is 737 g/mol. The zero-order valence-corrected chi connectivity index (χ0v) is 30.9. The van der Waals surface area contributed by atoms with Crippen LogP contribution in [0.1, 0.15) is 27.8 Å². The highest BCUT2D eigenvalue weighted by atomic mass is 16.7. The molecule has 0 saturated carbocycles. The summed E-state index contributed by atoms with van der Waals surface area (Å²) in [5.41, 5.74) is 7.79. The van der Waals surface area contributed by atoms with Crippen molar-refractivity contribution in [2.45, 2.75) is 63.4 Å². The Morgan fingerprint density at radius 3 is 1.45 bits per heavy atom. The average Bonchev–Trinajstić information content (AvgIpc) is 3.86. The number of hydrogen-bond acceptors (Lipinski definition) is 6. The lowest BCUT2D eigenvalue weighted by Crippen LogP contribution is -2.62. The van der Waals surface area contributed by atoms with E-state index < -0.39 is 30.7 Å². The molecule has 1 aliphatic heterocycles. The highest BCUT2D eigenvalue weighted by Gasteiger charge is 2.49. The second-order valence-electron chi connectivity index (χ2n) is 14.0. The van der Waals surface area contributed by atoms with Crippen molar-refractivity contribution in [3.8, 4) is 0 Å². The SMILES string of the molecule is c1ccc(CO[C@@H]2[C@@H](OCc3ccccc3)[C@@H](OCCc3c[nH]c4ccccc34)O[C@H](COCCc3c[nH]c4ccccc34)[C@H]2OCc2ccccc2)cc1. The molecule has 5 aromatic carbocycles. The Morgan fingerprint density at radius 2 is 0.909 bits per heavy atom. The van der Waals surface area contributed by atoms with Gasteiger partial charge in [-0.2, -0.15) is 0 Å². The molecular weight excluding hydrogens is 689 g/mol. The van der Waals surface area contributed by atoms with Crippen LogP contribution in [-0.4, -0.2) is 60.5 Å². The fraction of sp³-hybridized carbons (Fsp3) is 0.277. The number of ether oxygens (including phenoxy) is 6. The van der Waals surface area contributed by atoms with Gasteiger partial charge in [-0.1, -0.05) is 127 Å². The van der Waals surface area contributed by atoms with Gasteiger partial charge >= 0.3 is 0 Å². The molecule has 8 nitrogen and oxygen atoms in total. The normalized spacial score (nSPS) is 20.0. The van der Waals surface area contributed by atoms with Crippen LogP contribution in [0.5, 0.6) is 0 Å². The van der Waals surface area contributed by atoms with Gasteiger partial charge in [-0.05, 0) is 52.8 Å². The fourth-order valence-electron chi connectivity index (χ4n) is 7.36. The van der Waals surface area contributed by atoms with Crippen LogP contribution in [0.4, 0.5) is 0 Å². The number of H-pyrrole nitrogens is 2. The van der Waals surface area contributed by atoms with E-state index in [0.29, 0.717) is 46.1 Å². The molecule has 8 rings (SSSR count). The number of aromatic amines is 2. The lowest BCUT2D eigenvalue weighted by molar-refractivity contribution is -0.327. The second-order valence-corrected chi connectivity index (χ2v) is 14.0. The molecule has 0 aliphatic carbocycles. The summed E-state index contributed by atoms with van der Waals surface area (Å²) >= 11 is 0. The number of fused-ring (bicyclic) bond motifs is 2. The third-order valence-electron chi connectivity index (χ3n) is 10.2. The van der Waals surface area contributed by atoms with Crippen molar-refractivity contribution in [2.24, 2.45) is 0 Å². The van der Waals surface area contributed by atoms with E-state index in [1.54, 1.807) is 0 Å². The van der Waals surface area contributed by atoms with Crippen molar-refractivity contribution in [2.75, 3.05) is 19.8 Å². The number of benzene rings is 5. The van der Waals surface area contributed by atoms with Crippen molar-refractivity contribution in [3.63, 3.8) is 0 Å². The predicted octanol–water partition coefficient (Wildman–Crippen LogP) is 8.95. The van der Waals surface area contributed by atoms with Crippen LogP contribution < -0.4 is 0 Å². The van der Waals surface area contributed by atoms with E-state index in [4.69, 9.17) is 28.4 Å². The molecule has 0 amide bonds. The Bertz CT molecular complexity index is 2190. The molecule has 0 radical (unpaired) electrons. The summed E-state index contributed by atoms with van der Waals surface area (Å²) in [6, 6.07) is 47.2. The summed E-state index contributed by atoms with van der Waals surface area (Å²) in [6.45, 7) is 2.34. The number of aromatic nitrogens is 2. The summed E-state index contributed by atoms with van der Waals surface area (Å²) in [5.74, 6) is 0. The van der Waals surface area contributed by atoms with E-state index in [9.17, 15) is 0 Å². The van der Waals surface area contributed by atoms with Crippen molar-refractivity contribution in [3.05, 3.63) is 180 Å². The molecule has 1 saturated heterocycles. The molecule has 55 heavy (non-hydrogen) atoms. The number of para-hydroxylation sites is 2. The van der Waals surface area contributed by atoms with Crippen LogP contribution >= 0.6 is 0 Å². The van der Waals surface area contributed by atoms with Gasteiger partial charge in [0.1, 0.15) is 24.4 Å². The smallest absolute Gasteiger partial charge is 0.186 e. The van der Waals surface area contributed by atoms with Gasteiger partial charge in [-0.3, -0.25) is 0 Å². The molecular formula is C47H48N2O6. The monoisotopic (exact) mass is 736 g/mol. The minimum atomic E-state index is -0.742. The maximum Gasteiger partial charge on any atom is 0.186 e. The van der Waals surface area contributed by atoms with Gasteiger partial charge in [0.05, 0.1) is 39.6 Å². The molecule has 0 spiro atoms. The first kappa shape index (κ1) is 36.9. The van der Waals surface area contributed by atoms with Gasteiger partial charge in [-0.15, -0.1) is 0 Å². The molecule has 2 aromatic heterocycles. The third kappa shape index (κ3) is 9.43. The molecule has 3 heterocycles. The Balaban J connectivity index is 1.06. The van der Waals surface area contributed by atoms with Crippen LogP contribution in [0.3, 0.4) is 0 Å². The topological polar surface area (TPSA) is 87.0 Å². The van der Waals surface area contributed by atoms with Crippen LogP contribution in [0, 0.1) is 0 Å². The number of rotatable bonds is 18. The first-order chi connectivity index (χ1) is 27.3. The van der Waals surface area contributed by atoms with Crippen molar-refractivity contribution < 1.29 is 28.4 Å². The summed E-state index contributed by atoms with van der Waals surface area (Å²) in [4.78, 5) is 6.76. The molecule has 8 heteroatoms. The Hall–Kier alpha value is -5.06. The van der Waals surface area contributed by atoms with E-state index in [0.717, 1.165) is 34.1 Å². The third-order valence-corrected chi connectivity index (χ3v) is 10.2. The van der Waals surface area contributed by atoms with Crippen LogP contribution in [0.15, 0.2) is 152 Å².